The molecule has 0 spiro atoms. The van der Waals surface area contributed by atoms with Gasteiger partial charge in [-0.15, -0.1) is 0 Å². The van der Waals surface area contributed by atoms with Crippen LogP contribution in [-0.2, 0) is 16.0 Å². The molecule has 0 bridgehead atoms. The minimum Gasteiger partial charge on any atom is -0.444 e. The van der Waals surface area contributed by atoms with Gasteiger partial charge in [-0.25, -0.2) is 4.79 Å². The monoisotopic (exact) mass is 305 g/mol. The van der Waals surface area contributed by atoms with Gasteiger partial charge in [0.15, 0.2) is 0 Å². The molecular formula is C18H27NO3. The van der Waals surface area contributed by atoms with Crippen molar-refractivity contribution in [3.05, 3.63) is 35.4 Å². The fourth-order valence-electron chi connectivity index (χ4n) is 2.18. The summed E-state index contributed by atoms with van der Waals surface area (Å²) in [7, 11) is 0. The van der Waals surface area contributed by atoms with E-state index in [0.717, 1.165) is 23.8 Å². The van der Waals surface area contributed by atoms with E-state index in [0.29, 0.717) is 6.42 Å². The Labute approximate surface area is 133 Å². The first kappa shape index (κ1) is 18.2. The highest BCUT2D eigenvalue weighted by molar-refractivity contribution is 5.68. The van der Waals surface area contributed by atoms with Crippen molar-refractivity contribution < 1.29 is 14.3 Å². The third-order valence-corrected chi connectivity index (χ3v) is 3.30. The van der Waals surface area contributed by atoms with E-state index in [1.165, 1.54) is 0 Å². The Morgan fingerprint density at radius 1 is 1.23 bits per heavy atom. The molecule has 4 heteroatoms. The first-order valence-electron chi connectivity index (χ1n) is 7.73. The zero-order valence-electron chi connectivity index (χ0n) is 14.2. The number of amides is 1. The summed E-state index contributed by atoms with van der Waals surface area (Å²) in [5, 5.41) is 2.84. The van der Waals surface area contributed by atoms with Gasteiger partial charge in [-0.3, -0.25) is 0 Å². The van der Waals surface area contributed by atoms with Crippen molar-refractivity contribution in [2.75, 3.05) is 0 Å². The van der Waals surface area contributed by atoms with E-state index < -0.39 is 11.7 Å². The van der Waals surface area contributed by atoms with Crippen LogP contribution in [0.1, 0.15) is 58.1 Å². The number of hydrogen-bond donors (Lipinski definition) is 1. The summed E-state index contributed by atoms with van der Waals surface area (Å²) in [6.45, 7) is 9.52. The van der Waals surface area contributed by atoms with Crippen LogP contribution in [0.25, 0.3) is 0 Å². The van der Waals surface area contributed by atoms with Crippen LogP contribution < -0.4 is 5.32 Å². The van der Waals surface area contributed by atoms with Gasteiger partial charge in [0, 0.05) is 12.5 Å². The lowest BCUT2D eigenvalue weighted by Crippen LogP contribution is -2.38. The topological polar surface area (TPSA) is 55.4 Å². The largest absolute Gasteiger partial charge is 0.444 e. The number of hydrogen-bond acceptors (Lipinski definition) is 3. The number of ether oxygens (including phenoxy) is 1. The number of alkyl carbamates (subject to hydrolysis) is 1. The summed E-state index contributed by atoms with van der Waals surface area (Å²) in [6, 6.07) is 8.18. The fraction of sp³-hybridized carbons (Fsp3) is 0.556. The number of aldehydes is 1. The molecule has 122 valence electrons. The van der Waals surface area contributed by atoms with Gasteiger partial charge in [0.05, 0.1) is 0 Å². The number of benzene rings is 1. The molecule has 1 rings (SSSR count). The summed E-state index contributed by atoms with van der Waals surface area (Å²) >= 11 is 0. The molecule has 2 unspecified atom stereocenters. The lowest BCUT2D eigenvalue weighted by atomic mass is 9.96. The van der Waals surface area contributed by atoms with Crippen molar-refractivity contribution in [2.24, 2.45) is 0 Å². The SMILES string of the molecule is CC(Cc1ccc(C(C)CC=O)cc1)NC(=O)OC(C)(C)C. The Hall–Kier alpha value is -1.84. The quantitative estimate of drug-likeness (QED) is 0.813. The highest BCUT2D eigenvalue weighted by Crippen LogP contribution is 2.18. The minimum atomic E-state index is -0.486. The van der Waals surface area contributed by atoms with Crippen LogP contribution >= 0.6 is 0 Å². The molecule has 0 heterocycles. The van der Waals surface area contributed by atoms with E-state index in [1.807, 2.05) is 58.9 Å². The molecule has 0 aliphatic heterocycles. The molecule has 0 fully saturated rings. The highest BCUT2D eigenvalue weighted by atomic mass is 16.6. The first-order valence-corrected chi connectivity index (χ1v) is 7.73. The zero-order valence-corrected chi connectivity index (χ0v) is 14.2. The van der Waals surface area contributed by atoms with Gasteiger partial charge in [0.2, 0.25) is 0 Å². The van der Waals surface area contributed by atoms with E-state index in [9.17, 15) is 9.59 Å². The summed E-state index contributed by atoms with van der Waals surface area (Å²) < 4.78 is 5.24. The van der Waals surface area contributed by atoms with Crippen LogP contribution in [0.2, 0.25) is 0 Å². The molecule has 0 aliphatic rings. The molecule has 1 N–H and O–H groups in total. The predicted molar refractivity (Wildman–Crippen MR) is 88.1 cm³/mol. The van der Waals surface area contributed by atoms with E-state index in [-0.39, 0.29) is 12.0 Å². The summed E-state index contributed by atoms with van der Waals surface area (Å²) in [4.78, 5) is 22.3. The third kappa shape index (κ3) is 6.74. The van der Waals surface area contributed by atoms with Gasteiger partial charge in [-0.05, 0) is 51.2 Å². The lowest BCUT2D eigenvalue weighted by Gasteiger charge is -2.22. The molecular weight excluding hydrogens is 278 g/mol. The van der Waals surface area contributed by atoms with Crippen LogP contribution in [0.3, 0.4) is 0 Å². The van der Waals surface area contributed by atoms with Crippen molar-refractivity contribution in [1.29, 1.82) is 0 Å². The van der Waals surface area contributed by atoms with Crippen molar-refractivity contribution in [2.45, 2.75) is 65.0 Å². The Bertz CT molecular complexity index is 488. The summed E-state index contributed by atoms with van der Waals surface area (Å²) in [5.41, 5.74) is 1.81. The second-order valence-electron chi connectivity index (χ2n) is 6.80. The highest BCUT2D eigenvalue weighted by Gasteiger charge is 2.17. The molecule has 1 aromatic carbocycles. The Kier molecular flexibility index (Phi) is 6.60. The lowest BCUT2D eigenvalue weighted by molar-refractivity contribution is -0.108. The normalized spacial score (nSPS) is 14.0. The maximum absolute atomic E-state index is 11.7. The standard InChI is InChI=1S/C18H27NO3/c1-13(10-11-20)16-8-6-15(7-9-16)12-14(2)19-17(21)22-18(3,4)5/h6-9,11,13-14H,10,12H2,1-5H3,(H,19,21). The number of rotatable bonds is 6. The summed E-state index contributed by atoms with van der Waals surface area (Å²) in [5.74, 6) is 0.240. The fourth-order valence-corrected chi connectivity index (χ4v) is 2.18. The number of carbonyl (C=O) groups is 2. The minimum absolute atomic E-state index is 0.00639. The second-order valence-corrected chi connectivity index (χ2v) is 6.80. The molecule has 22 heavy (non-hydrogen) atoms. The molecule has 0 saturated carbocycles. The average molecular weight is 305 g/mol. The van der Waals surface area contributed by atoms with Gasteiger partial charge in [-0.1, -0.05) is 31.2 Å². The van der Waals surface area contributed by atoms with Gasteiger partial charge >= 0.3 is 6.09 Å². The Morgan fingerprint density at radius 3 is 2.32 bits per heavy atom. The molecule has 1 aromatic rings. The zero-order chi connectivity index (χ0) is 16.8. The van der Waals surface area contributed by atoms with Gasteiger partial charge in [0.25, 0.3) is 0 Å². The number of carbonyl (C=O) groups excluding carboxylic acids is 2. The van der Waals surface area contributed by atoms with Gasteiger partial charge in [-0.2, -0.15) is 0 Å². The van der Waals surface area contributed by atoms with E-state index in [1.54, 1.807) is 0 Å². The molecule has 4 nitrogen and oxygen atoms in total. The molecule has 0 aliphatic carbocycles. The van der Waals surface area contributed by atoms with Gasteiger partial charge in [0.1, 0.15) is 11.9 Å². The van der Waals surface area contributed by atoms with Crippen molar-refractivity contribution in [3.63, 3.8) is 0 Å². The molecule has 0 radical (unpaired) electrons. The molecule has 2 atom stereocenters. The molecule has 0 saturated heterocycles. The van der Waals surface area contributed by atoms with Crippen LogP contribution in [0.15, 0.2) is 24.3 Å². The summed E-state index contributed by atoms with van der Waals surface area (Å²) in [6.07, 6.45) is 1.83. The van der Waals surface area contributed by atoms with Gasteiger partial charge < -0.3 is 14.8 Å². The Balaban J connectivity index is 2.52. The van der Waals surface area contributed by atoms with Crippen molar-refractivity contribution in [3.8, 4) is 0 Å². The van der Waals surface area contributed by atoms with Crippen LogP contribution in [-0.4, -0.2) is 24.0 Å². The Morgan fingerprint density at radius 2 is 1.82 bits per heavy atom. The van der Waals surface area contributed by atoms with E-state index in [4.69, 9.17) is 4.74 Å². The van der Waals surface area contributed by atoms with E-state index in [2.05, 4.69) is 5.32 Å². The second kappa shape index (κ2) is 7.97. The maximum atomic E-state index is 11.7. The van der Waals surface area contributed by atoms with Crippen LogP contribution in [0.4, 0.5) is 4.79 Å². The molecule has 1 amide bonds. The first-order chi connectivity index (χ1) is 10.2. The van der Waals surface area contributed by atoms with Crippen LogP contribution in [0.5, 0.6) is 0 Å². The maximum Gasteiger partial charge on any atom is 0.407 e. The third-order valence-electron chi connectivity index (χ3n) is 3.30. The van der Waals surface area contributed by atoms with Crippen molar-refractivity contribution in [1.82, 2.24) is 5.32 Å². The smallest absolute Gasteiger partial charge is 0.407 e. The molecule has 0 aromatic heterocycles. The predicted octanol–water partition coefficient (Wildman–Crippen LogP) is 3.83. The average Bonchev–Trinajstić information content (AvgIpc) is 2.37. The van der Waals surface area contributed by atoms with Crippen molar-refractivity contribution >= 4 is 12.4 Å². The van der Waals surface area contributed by atoms with E-state index >= 15 is 0 Å². The number of nitrogens with one attached hydrogen (secondary N) is 1. The van der Waals surface area contributed by atoms with Crippen LogP contribution in [0, 0.1) is 0 Å².